The topological polar surface area (TPSA) is 38.2 Å². The average molecular weight is 378 g/mol. The van der Waals surface area contributed by atoms with Crippen molar-refractivity contribution in [2.75, 3.05) is 18.0 Å². The molecule has 4 nitrogen and oxygen atoms in total. The van der Waals surface area contributed by atoms with Crippen molar-refractivity contribution in [3.8, 4) is 0 Å². The van der Waals surface area contributed by atoms with Gasteiger partial charge in [0.25, 0.3) is 0 Å². The molecule has 0 saturated carbocycles. The molecule has 0 aliphatic carbocycles. The van der Waals surface area contributed by atoms with E-state index in [0.717, 1.165) is 35.7 Å². The van der Waals surface area contributed by atoms with E-state index < -0.39 is 8.32 Å². The number of hydrogen-bond acceptors (Lipinski definition) is 5. The maximum atomic E-state index is 6.78. The van der Waals surface area contributed by atoms with Crippen LogP contribution in [-0.4, -0.2) is 37.5 Å². The minimum Gasteiger partial charge on any atom is -0.413 e. The largest absolute Gasteiger partial charge is 0.413 e. The van der Waals surface area contributed by atoms with Crippen LogP contribution in [0.3, 0.4) is 0 Å². The van der Waals surface area contributed by atoms with Gasteiger partial charge < -0.3 is 9.33 Å². The molecule has 25 heavy (non-hydrogen) atoms. The molecule has 0 spiro atoms. The van der Waals surface area contributed by atoms with Crippen molar-refractivity contribution >= 4 is 35.8 Å². The van der Waals surface area contributed by atoms with Crippen LogP contribution >= 0.6 is 11.3 Å². The van der Waals surface area contributed by atoms with Crippen LogP contribution in [0.1, 0.15) is 41.0 Å². The highest BCUT2D eigenvalue weighted by Gasteiger charge is 2.44. The second kappa shape index (κ2) is 6.32. The highest BCUT2D eigenvalue weighted by molar-refractivity contribution is 7.16. The van der Waals surface area contributed by atoms with E-state index in [1.54, 1.807) is 11.3 Å². The monoisotopic (exact) mass is 377 g/mol. The van der Waals surface area contributed by atoms with Gasteiger partial charge >= 0.3 is 0 Å². The number of fused-ring (bicyclic) bond motifs is 1. The molecule has 1 fully saturated rings. The number of rotatable bonds is 3. The molecular formula is C19H31N3OSSi. The molecule has 1 atom stereocenters. The number of piperidine rings is 1. The summed E-state index contributed by atoms with van der Waals surface area (Å²) in [4.78, 5) is 12.6. The molecule has 1 aliphatic heterocycles. The molecule has 2 aromatic heterocycles. The Kier molecular flexibility index (Phi) is 4.75. The second-order valence-corrected chi connectivity index (χ2v) is 15.0. The van der Waals surface area contributed by atoms with Crippen molar-refractivity contribution < 1.29 is 4.43 Å². The summed E-state index contributed by atoms with van der Waals surface area (Å²) in [6.07, 6.45) is 1.37. The maximum absolute atomic E-state index is 6.78. The molecule has 0 N–H and O–H groups in total. The summed E-state index contributed by atoms with van der Waals surface area (Å²) in [5.41, 5.74) is 2.96. The van der Waals surface area contributed by atoms with E-state index in [1.807, 2.05) is 5.51 Å². The lowest BCUT2D eigenvalue weighted by Crippen LogP contribution is -2.55. The first kappa shape index (κ1) is 18.8. The van der Waals surface area contributed by atoms with Crippen molar-refractivity contribution in [3.05, 3.63) is 17.6 Å². The van der Waals surface area contributed by atoms with Gasteiger partial charge in [0.05, 0.1) is 11.6 Å². The number of thiazole rings is 1. The van der Waals surface area contributed by atoms with Crippen LogP contribution in [0.15, 0.2) is 17.6 Å². The Balaban J connectivity index is 1.75. The summed E-state index contributed by atoms with van der Waals surface area (Å²) in [5.74, 6) is 1.07. The van der Waals surface area contributed by atoms with Crippen molar-refractivity contribution in [1.82, 2.24) is 9.97 Å². The van der Waals surface area contributed by atoms with E-state index in [1.165, 1.54) is 0 Å². The van der Waals surface area contributed by atoms with Crippen LogP contribution < -0.4 is 4.90 Å². The number of nitrogens with zero attached hydrogens (tertiary/aromatic N) is 3. The molecule has 2 aromatic rings. The zero-order chi connectivity index (χ0) is 18.5. The quantitative estimate of drug-likeness (QED) is 0.679. The minimum absolute atomic E-state index is 0.109. The summed E-state index contributed by atoms with van der Waals surface area (Å²) in [7, 11) is -1.75. The molecule has 0 aromatic carbocycles. The molecule has 1 aliphatic rings. The highest BCUT2D eigenvalue weighted by Crippen LogP contribution is 2.42. The fourth-order valence-electron chi connectivity index (χ4n) is 3.20. The van der Waals surface area contributed by atoms with Gasteiger partial charge in [-0.2, -0.15) is 0 Å². The smallest absolute Gasteiger partial charge is 0.192 e. The van der Waals surface area contributed by atoms with Crippen LogP contribution in [0.2, 0.25) is 18.1 Å². The molecule has 0 bridgehead atoms. The van der Waals surface area contributed by atoms with Crippen molar-refractivity contribution in [1.29, 1.82) is 0 Å². The molecule has 0 radical (unpaired) electrons. The number of pyridine rings is 1. The molecule has 3 rings (SSSR count). The van der Waals surface area contributed by atoms with Gasteiger partial charge in [-0.3, -0.25) is 0 Å². The van der Waals surface area contributed by atoms with E-state index in [0.29, 0.717) is 6.10 Å². The molecule has 3 heterocycles. The van der Waals surface area contributed by atoms with Gasteiger partial charge in [-0.25, -0.2) is 9.97 Å². The Morgan fingerprint density at radius 1 is 1.28 bits per heavy atom. The van der Waals surface area contributed by atoms with Gasteiger partial charge in [0.2, 0.25) is 0 Å². The lowest BCUT2D eigenvalue weighted by Gasteiger charge is -2.49. The van der Waals surface area contributed by atoms with Crippen molar-refractivity contribution in [3.63, 3.8) is 0 Å². The third kappa shape index (κ3) is 3.76. The first-order valence-electron chi connectivity index (χ1n) is 9.13. The number of aromatic nitrogens is 2. The minimum atomic E-state index is -1.75. The number of hydrogen-bond donors (Lipinski definition) is 0. The Labute approximate surface area is 156 Å². The zero-order valence-corrected chi connectivity index (χ0v) is 18.4. The standard InChI is InChI=1S/C19H31N3OSSi/c1-18(2,3)25(6,7)23-15-10-11-22(12-19(15,4)5)16-9-8-14-17(21-16)24-13-20-14/h8-9,13,15H,10-12H2,1-7H3. The first-order chi connectivity index (χ1) is 11.5. The Morgan fingerprint density at radius 2 is 2.00 bits per heavy atom. The SMILES string of the molecule is CC1(C)CN(c2ccc3ncsc3n2)CCC1O[Si](C)(C)C(C)(C)C. The van der Waals surface area contributed by atoms with E-state index in [9.17, 15) is 0 Å². The Hall–Kier alpha value is -0.983. The van der Waals surface area contributed by atoms with Crippen LogP contribution in [0.5, 0.6) is 0 Å². The molecular weight excluding hydrogens is 346 g/mol. The van der Waals surface area contributed by atoms with Gasteiger partial charge in [-0.15, -0.1) is 11.3 Å². The summed E-state index contributed by atoms with van der Waals surface area (Å²) in [6.45, 7) is 18.3. The average Bonchev–Trinajstić information content (AvgIpc) is 2.95. The molecule has 1 unspecified atom stereocenters. The summed E-state index contributed by atoms with van der Waals surface area (Å²) in [5, 5.41) is 0.249. The summed E-state index contributed by atoms with van der Waals surface area (Å²) in [6, 6.07) is 4.19. The van der Waals surface area contributed by atoms with Gasteiger partial charge in [0.1, 0.15) is 16.2 Å². The van der Waals surface area contributed by atoms with E-state index in [4.69, 9.17) is 9.41 Å². The van der Waals surface area contributed by atoms with Gasteiger partial charge in [0, 0.05) is 18.5 Å². The third-order valence-corrected chi connectivity index (χ3v) is 11.1. The molecule has 1 saturated heterocycles. The van der Waals surface area contributed by atoms with Crippen LogP contribution in [0, 0.1) is 5.41 Å². The first-order valence-corrected chi connectivity index (χ1v) is 12.9. The third-order valence-electron chi connectivity index (χ3n) is 5.88. The van der Waals surface area contributed by atoms with E-state index in [2.05, 4.69) is 69.7 Å². The lowest BCUT2D eigenvalue weighted by atomic mass is 9.81. The fraction of sp³-hybridized carbons (Fsp3) is 0.684. The van der Waals surface area contributed by atoms with E-state index in [-0.39, 0.29) is 10.5 Å². The van der Waals surface area contributed by atoms with Crippen molar-refractivity contribution in [2.24, 2.45) is 5.41 Å². The van der Waals surface area contributed by atoms with Crippen LogP contribution in [0.25, 0.3) is 10.3 Å². The van der Waals surface area contributed by atoms with Gasteiger partial charge in [0.15, 0.2) is 8.32 Å². The van der Waals surface area contributed by atoms with Crippen LogP contribution in [0.4, 0.5) is 5.82 Å². The maximum Gasteiger partial charge on any atom is 0.192 e. The van der Waals surface area contributed by atoms with Crippen LogP contribution in [-0.2, 0) is 4.43 Å². The second-order valence-electron chi connectivity index (χ2n) is 9.41. The number of anilines is 1. The van der Waals surface area contributed by atoms with Gasteiger partial charge in [-0.1, -0.05) is 34.6 Å². The molecule has 138 valence electrons. The highest BCUT2D eigenvalue weighted by atomic mass is 32.1. The van der Waals surface area contributed by atoms with Crippen molar-refractivity contribution in [2.45, 2.75) is 65.3 Å². The Bertz CT molecular complexity index is 750. The van der Waals surface area contributed by atoms with Gasteiger partial charge in [-0.05, 0) is 36.7 Å². The predicted molar refractivity (Wildman–Crippen MR) is 110 cm³/mol. The lowest BCUT2D eigenvalue weighted by molar-refractivity contribution is 0.0431. The summed E-state index contributed by atoms with van der Waals surface area (Å²) >= 11 is 1.61. The fourth-order valence-corrected chi connectivity index (χ4v) is 5.36. The zero-order valence-electron chi connectivity index (χ0n) is 16.6. The normalized spacial score (nSPS) is 21.7. The predicted octanol–water partition coefficient (Wildman–Crippen LogP) is 5.32. The molecule has 0 amide bonds. The molecule has 6 heteroatoms. The Morgan fingerprint density at radius 3 is 2.64 bits per heavy atom. The van der Waals surface area contributed by atoms with E-state index >= 15 is 0 Å². The summed E-state index contributed by atoms with van der Waals surface area (Å²) < 4.78 is 6.78.